The molecule has 0 amide bonds. The molecule has 1 fully saturated rings. The second-order valence-corrected chi connectivity index (χ2v) is 6.92. The Morgan fingerprint density at radius 2 is 1.81 bits per heavy atom. The van der Waals surface area contributed by atoms with Crippen LogP contribution in [0.5, 0.6) is 0 Å². The summed E-state index contributed by atoms with van der Waals surface area (Å²) in [5.41, 5.74) is 3.77. The van der Waals surface area contributed by atoms with Gasteiger partial charge in [0.2, 0.25) is 0 Å². The average molecular weight is 279 g/mol. The summed E-state index contributed by atoms with van der Waals surface area (Å²) >= 11 is 0. The summed E-state index contributed by atoms with van der Waals surface area (Å²) in [7, 11) is 2.07. The van der Waals surface area contributed by atoms with Crippen LogP contribution in [0.15, 0.2) is 46.9 Å². The van der Waals surface area contributed by atoms with Gasteiger partial charge in [-0.15, -0.1) is 0 Å². The Bertz CT molecular complexity index is 815. The molecule has 0 bridgehead atoms. The van der Waals surface area contributed by atoms with Crippen LogP contribution in [0.25, 0.3) is 21.9 Å². The van der Waals surface area contributed by atoms with Crippen LogP contribution in [0, 0.1) is 11.3 Å². The number of furan rings is 1. The molecule has 1 aliphatic rings. The minimum Gasteiger partial charge on any atom is -0.456 e. The van der Waals surface area contributed by atoms with Gasteiger partial charge in [-0.05, 0) is 48.6 Å². The molecule has 1 aromatic heterocycles. The number of para-hydroxylation sites is 1. The van der Waals surface area contributed by atoms with Crippen LogP contribution >= 0.6 is 0 Å². The lowest BCUT2D eigenvalue weighted by Crippen LogP contribution is -2.20. The summed E-state index contributed by atoms with van der Waals surface area (Å²) in [6.07, 6.45) is 1.29. The average Bonchev–Trinajstić information content (AvgIpc) is 2.95. The Morgan fingerprint density at radius 1 is 1.10 bits per heavy atom. The summed E-state index contributed by atoms with van der Waals surface area (Å²) < 4.78 is 5.92. The van der Waals surface area contributed by atoms with Crippen molar-refractivity contribution in [1.82, 2.24) is 5.32 Å². The quantitative estimate of drug-likeness (QED) is 0.738. The van der Waals surface area contributed by atoms with E-state index in [2.05, 4.69) is 56.5 Å². The van der Waals surface area contributed by atoms with Gasteiger partial charge in [0.1, 0.15) is 11.2 Å². The van der Waals surface area contributed by atoms with Crippen LogP contribution in [0.1, 0.15) is 31.9 Å². The van der Waals surface area contributed by atoms with E-state index in [4.69, 9.17) is 4.42 Å². The van der Waals surface area contributed by atoms with E-state index in [1.807, 2.05) is 12.1 Å². The number of hydrogen-bond acceptors (Lipinski definition) is 2. The number of hydrogen-bond donors (Lipinski definition) is 1. The zero-order chi connectivity index (χ0) is 14.6. The second kappa shape index (κ2) is 4.35. The largest absolute Gasteiger partial charge is 0.456 e. The fraction of sp³-hybridized carbons (Fsp3) is 0.368. The van der Waals surface area contributed by atoms with E-state index < -0.39 is 0 Å². The molecule has 108 valence electrons. The Kier molecular flexibility index (Phi) is 2.67. The van der Waals surface area contributed by atoms with Gasteiger partial charge in [0.15, 0.2) is 0 Å². The van der Waals surface area contributed by atoms with Crippen molar-refractivity contribution >= 4 is 21.9 Å². The predicted octanol–water partition coefficient (Wildman–Crippen LogP) is 4.89. The molecule has 1 N–H and O–H groups in total. The summed E-state index contributed by atoms with van der Waals surface area (Å²) in [5, 5.41) is 5.94. The first kappa shape index (κ1) is 12.9. The van der Waals surface area contributed by atoms with Crippen LogP contribution in [0.3, 0.4) is 0 Å². The standard InChI is InChI=1S/C19H21NO/c1-19(2)11-15(19)18(20-3)12-8-9-17-14(10-12)13-6-4-5-7-16(13)21-17/h4-10,15,18,20H,11H2,1-3H3. The Labute approximate surface area is 125 Å². The minimum atomic E-state index is 0.429. The van der Waals surface area contributed by atoms with Crippen LogP contribution in [0.2, 0.25) is 0 Å². The van der Waals surface area contributed by atoms with Crippen molar-refractivity contribution in [3.63, 3.8) is 0 Å². The van der Waals surface area contributed by atoms with E-state index in [1.165, 1.54) is 22.8 Å². The van der Waals surface area contributed by atoms with Gasteiger partial charge in [-0.3, -0.25) is 0 Å². The lowest BCUT2D eigenvalue weighted by atomic mass is 9.96. The molecule has 2 atom stereocenters. The van der Waals surface area contributed by atoms with Crippen molar-refractivity contribution < 1.29 is 4.42 Å². The van der Waals surface area contributed by atoms with Crippen LogP contribution < -0.4 is 5.32 Å². The van der Waals surface area contributed by atoms with Crippen molar-refractivity contribution in [1.29, 1.82) is 0 Å². The topological polar surface area (TPSA) is 25.2 Å². The molecule has 2 unspecified atom stereocenters. The molecular weight excluding hydrogens is 258 g/mol. The molecule has 1 heterocycles. The molecule has 0 saturated heterocycles. The fourth-order valence-electron chi connectivity index (χ4n) is 3.61. The molecule has 0 spiro atoms. The van der Waals surface area contributed by atoms with Gasteiger partial charge in [-0.25, -0.2) is 0 Å². The molecule has 2 heteroatoms. The van der Waals surface area contributed by atoms with E-state index >= 15 is 0 Å². The first-order valence-electron chi connectivity index (χ1n) is 7.68. The van der Waals surface area contributed by atoms with Gasteiger partial charge in [0.25, 0.3) is 0 Å². The van der Waals surface area contributed by atoms with Crippen molar-refractivity contribution in [3.8, 4) is 0 Å². The Morgan fingerprint density at radius 3 is 2.52 bits per heavy atom. The number of benzene rings is 2. The Hall–Kier alpha value is -1.80. The zero-order valence-electron chi connectivity index (χ0n) is 12.8. The van der Waals surface area contributed by atoms with E-state index in [-0.39, 0.29) is 0 Å². The third-order valence-corrected chi connectivity index (χ3v) is 5.06. The van der Waals surface area contributed by atoms with Crippen molar-refractivity contribution in [2.75, 3.05) is 7.05 Å². The van der Waals surface area contributed by atoms with E-state index in [0.717, 1.165) is 17.1 Å². The maximum absolute atomic E-state index is 5.92. The van der Waals surface area contributed by atoms with Crippen LogP contribution in [-0.2, 0) is 0 Å². The molecule has 3 aromatic rings. The highest BCUT2D eigenvalue weighted by atomic mass is 16.3. The van der Waals surface area contributed by atoms with Crippen molar-refractivity contribution in [2.45, 2.75) is 26.3 Å². The first-order chi connectivity index (χ1) is 10.1. The van der Waals surface area contributed by atoms with Crippen LogP contribution in [0.4, 0.5) is 0 Å². The van der Waals surface area contributed by atoms with Gasteiger partial charge in [0.05, 0.1) is 0 Å². The van der Waals surface area contributed by atoms with E-state index in [0.29, 0.717) is 11.5 Å². The highest BCUT2D eigenvalue weighted by Crippen LogP contribution is 2.57. The smallest absolute Gasteiger partial charge is 0.135 e. The molecule has 1 saturated carbocycles. The molecular formula is C19H21NO. The van der Waals surface area contributed by atoms with Crippen LogP contribution in [-0.4, -0.2) is 7.05 Å². The Balaban J connectivity index is 1.84. The first-order valence-corrected chi connectivity index (χ1v) is 7.68. The van der Waals surface area contributed by atoms with Crippen molar-refractivity contribution in [3.05, 3.63) is 48.0 Å². The molecule has 0 radical (unpaired) electrons. The lowest BCUT2D eigenvalue weighted by Gasteiger charge is -2.18. The number of nitrogens with one attached hydrogen (secondary N) is 1. The second-order valence-electron chi connectivity index (χ2n) is 6.92. The molecule has 2 aromatic carbocycles. The maximum Gasteiger partial charge on any atom is 0.135 e. The van der Waals surface area contributed by atoms with Gasteiger partial charge in [0, 0.05) is 16.8 Å². The molecule has 21 heavy (non-hydrogen) atoms. The number of fused-ring (bicyclic) bond motifs is 3. The van der Waals surface area contributed by atoms with Crippen molar-refractivity contribution in [2.24, 2.45) is 11.3 Å². The normalized spacial score (nSPS) is 21.8. The van der Waals surface area contributed by atoms with Gasteiger partial charge in [-0.1, -0.05) is 38.1 Å². The maximum atomic E-state index is 5.92. The monoisotopic (exact) mass is 279 g/mol. The molecule has 4 rings (SSSR count). The molecule has 0 aliphatic heterocycles. The summed E-state index contributed by atoms with van der Waals surface area (Å²) in [6.45, 7) is 4.71. The third kappa shape index (κ3) is 1.97. The lowest BCUT2D eigenvalue weighted by molar-refractivity contribution is 0.441. The van der Waals surface area contributed by atoms with E-state index in [9.17, 15) is 0 Å². The molecule has 1 aliphatic carbocycles. The minimum absolute atomic E-state index is 0.429. The molecule has 2 nitrogen and oxygen atoms in total. The summed E-state index contributed by atoms with van der Waals surface area (Å²) in [6, 6.07) is 15.3. The highest BCUT2D eigenvalue weighted by molar-refractivity contribution is 6.05. The zero-order valence-corrected chi connectivity index (χ0v) is 12.8. The van der Waals surface area contributed by atoms with Gasteiger partial charge >= 0.3 is 0 Å². The third-order valence-electron chi connectivity index (χ3n) is 5.06. The van der Waals surface area contributed by atoms with E-state index in [1.54, 1.807) is 0 Å². The predicted molar refractivity (Wildman–Crippen MR) is 87.4 cm³/mol. The van der Waals surface area contributed by atoms with Gasteiger partial charge < -0.3 is 9.73 Å². The summed E-state index contributed by atoms with van der Waals surface area (Å²) in [4.78, 5) is 0. The number of rotatable bonds is 3. The van der Waals surface area contributed by atoms with Gasteiger partial charge in [-0.2, -0.15) is 0 Å². The summed E-state index contributed by atoms with van der Waals surface area (Å²) in [5.74, 6) is 0.720. The highest BCUT2D eigenvalue weighted by Gasteiger charge is 2.50. The SMILES string of the molecule is CNC(c1ccc2oc3ccccc3c2c1)C1CC1(C)C. The fourth-order valence-corrected chi connectivity index (χ4v) is 3.61.